The normalized spacial score (nSPS) is 15.7. The van der Waals surface area contributed by atoms with Crippen molar-refractivity contribution in [3.8, 4) is 11.3 Å². The lowest BCUT2D eigenvalue weighted by Crippen LogP contribution is -2.07. The van der Waals surface area contributed by atoms with Gasteiger partial charge in [-0.2, -0.15) is 0 Å². The van der Waals surface area contributed by atoms with Gasteiger partial charge in [-0.05, 0) is 43.4 Å². The second-order valence-corrected chi connectivity index (χ2v) is 7.42. The summed E-state index contributed by atoms with van der Waals surface area (Å²) in [7, 11) is 0. The molecule has 0 unspecified atom stereocenters. The molecular weight excluding hydrogens is 312 g/mol. The molecule has 24 heavy (non-hydrogen) atoms. The van der Waals surface area contributed by atoms with Crippen LogP contribution in [0.25, 0.3) is 22.2 Å². The molecule has 0 aliphatic heterocycles. The molecule has 1 aliphatic rings. The van der Waals surface area contributed by atoms with Gasteiger partial charge in [0, 0.05) is 33.7 Å². The van der Waals surface area contributed by atoms with Crippen molar-refractivity contribution in [2.45, 2.75) is 42.9 Å². The van der Waals surface area contributed by atoms with Crippen LogP contribution in [0, 0.1) is 0 Å². The highest BCUT2D eigenvalue weighted by Crippen LogP contribution is 2.35. The molecule has 1 saturated carbocycles. The van der Waals surface area contributed by atoms with E-state index in [1.165, 1.54) is 53.6 Å². The van der Waals surface area contributed by atoms with E-state index in [2.05, 4.69) is 47.6 Å². The number of fused-ring (bicyclic) bond motifs is 1. The number of hydrogen-bond donors (Lipinski definition) is 0. The molecule has 1 fully saturated rings. The summed E-state index contributed by atoms with van der Waals surface area (Å²) in [4.78, 5) is 11.0. The molecule has 0 radical (unpaired) electrons. The highest BCUT2D eigenvalue weighted by molar-refractivity contribution is 7.98. The zero-order chi connectivity index (χ0) is 16.4. The summed E-state index contributed by atoms with van der Waals surface area (Å²) in [6, 6.07) is 15.1. The van der Waals surface area contributed by atoms with E-state index in [0.29, 0.717) is 5.92 Å². The number of benzene rings is 1. The molecule has 0 spiro atoms. The van der Waals surface area contributed by atoms with Crippen molar-refractivity contribution in [2.24, 2.45) is 0 Å². The molecule has 0 N–H and O–H groups in total. The van der Waals surface area contributed by atoms with E-state index in [-0.39, 0.29) is 0 Å². The van der Waals surface area contributed by atoms with Crippen LogP contribution in [0.4, 0.5) is 0 Å². The Hall–Kier alpha value is -1.87. The number of thioether (sulfide) groups is 1. The molecule has 0 atom stereocenters. The average molecular weight is 334 g/mol. The molecule has 0 bridgehead atoms. The molecule has 3 heteroatoms. The van der Waals surface area contributed by atoms with Gasteiger partial charge in [-0.15, -0.1) is 11.8 Å². The Morgan fingerprint density at radius 3 is 2.71 bits per heavy atom. The van der Waals surface area contributed by atoms with Crippen molar-refractivity contribution >= 4 is 22.7 Å². The summed E-state index contributed by atoms with van der Waals surface area (Å²) in [6.07, 6.45) is 10.5. The molecule has 2 heterocycles. The first-order chi connectivity index (χ1) is 11.8. The minimum Gasteiger partial charge on any atom is -0.254 e. The Morgan fingerprint density at radius 2 is 1.88 bits per heavy atom. The van der Waals surface area contributed by atoms with Gasteiger partial charge in [-0.1, -0.05) is 37.5 Å². The summed E-state index contributed by atoms with van der Waals surface area (Å²) in [6.45, 7) is 0. The Balaban J connectivity index is 1.88. The highest BCUT2D eigenvalue weighted by atomic mass is 32.2. The fourth-order valence-corrected chi connectivity index (χ4v) is 4.14. The maximum atomic E-state index is 5.10. The Morgan fingerprint density at radius 1 is 1.00 bits per heavy atom. The SMILES string of the molecule is CSc1cccc(-c2nc(C3CCCCC3)cc3cccnc23)c1. The zero-order valence-electron chi connectivity index (χ0n) is 14.0. The monoisotopic (exact) mass is 334 g/mol. The lowest BCUT2D eigenvalue weighted by molar-refractivity contribution is 0.437. The summed E-state index contributed by atoms with van der Waals surface area (Å²) < 4.78 is 0. The molecule has 0 amide bonds. The third-order valence-corrected chi connectivity index (χ3v) is 5.70. The van der Waals surface area contributed by atoms with Crippen LogP contribution in [-0.2, 0) is 0 Å². The fourth-order valence-electron chi connectivity index (χ4n) is 3.68. The topological polar surface area (TPSA) is 25.8 Å². The van der Waals surface area contributed by atoms with Crippen LogP contribution in [0.2, 0.25) is 0 Å². The van der Waals surface area contributed by atoms with Crippen molar-refractivity contribution in [1.29, 1.82) is 0 Å². The maximum Gasteiger partial charge on any atom is 0.0968 e. The Labute approximate surface area is 147 Å². The van der Waals surface area contributed by atoms with Gasteiger partial charge in [-0.25, -0.2) is 0 Å². The van der Waals surface area contributed by atoms with Crippen LogP contribution < -0.4 is 0 Å². The Kier molecular flexibility index (Phi) is 4.52. The van der Waals surface area contributed by atoms with Crippen molar-refractivity contribution in [3.05, 3.63) is 54.4 Å². The van der Waals surface area contributed by atoms with Gasteiger partial charge in [-0.3, -0.25) is 9.97 Å². The van der Waals surface area contributed by atoms with E-state index in [4.69, 9.17) is 4.98 Å². The number of rotatable bonds is 3. The largest absolute Gasteiger partial charge is 0.254 e. The summed E-state index contributed by atoms with van der Waals surface area (Å²) in [5.41, 5.74) is 4.46. The van der Waals surface area contributed by atoms with E-state index in [1.807, 2.05) is 12.3 Å². The second kappa shape index (κ2) is 6.94. The van der Waals surface area contributed by atoms with Gasteiger partial charge in [0.25, 0.3) is 0 Å². The standard InChI is InChI=1S/C21H22N2S/c1-24-18-11-5-9-16(13-18)21-20-17(10-6-12-22-20)14-19(23-21)15-7-3-2-4-8-15/h5-6,9-15H,2-4,7-8H2,1H3. The number of aromatic nitrogens is 2. The van der Waals surface area contributed by atoms with E-state index in [0.717, 1.165) is 11.2 Å². The van der Waals surface area contributed by atoms with Crippen LogP contribution >= 0.6 is 11.8 Å². The van der Waals surface area contributed by atoms with Crippen molar-refractivity contribution < 1.29 is 0 Å². The molecule has 2 nitrogen and oxygen atoms in total. The molecular formula is C21H22N2S. The van der Waals surface area contributed by atoms with E-state index in [1.54, 1.807) is 11.8 Å². The predicted octanol–water partition coefficient (Wildman–Crippen LogP) is 6.07. The van der Waals surface area contributed by atoms with Gasteiger partial charge >= 0.3 is 0 Å². The van der Waals surface area contributed by atoms with Gasteiger partial charge < -0.3 is 0 Å². The van der Waals surface area contributed by atoms with E-state index in [9.17, 15) is 0 Å². The van der Waals surface area contributed by atoms with Gasteiger partial charge in [0.2, 0.25) is 0 Å². The van der Waals surface area contributed by atoms with Crippen LogP contribution in [-0.4, -0.2) is 16.2 Å². The van der Waals surface area contributed by atoms with E-state index >= 15 is 0 Å². The minimum absolute atomic E-state index is 0.603. The van der Waals surface area contributed by atoms with Crippen LogP contribution in [0.15, 0.2) is 53.6 Å². The van der Waals surface area contributed by atoms with Crippen molar-refractivity contribution in [3.63, 3.8) is 0 Å². The molecule has 3 aromatic rings. The predicted molar refractivity (Wildman–Crippen MR) is 103 cm³/mol. The van der Waals surface area contributed by atoms with Gasteiger partial charge in [0.15, 0.2) is 0 Å². The first-order valence-corrected chi connectivity index (χ1v) is 9.98. The summed E-state index contributed by atoms with van der Waals surface area (Å²) in [5.74, 6) is 0.603. The molecule has 0 saturated heterocycles. The quantitative estimate of drug-likeness (QED) is 0.544. The van der Waals surface area contributed by atoms with Crippen molar-refractivity contribution in [1.82, 2.24) is 9.97 Å². The fraction of sp³-hybridized carbons (Fsp3) is 0.333. The van der Waals surface area contributed by atoms with Gasteiger partial charge in [0.1, 0.15) is 0 Å². The molecule has 2 aromatic heterocycles. The average Bonchev–Trinajstić information content (AvgIpc) is 2.68. The number of hydrogen-bond acceptors (Lipinski definition) is 3. The lowest BCUT2D eigenvalue weighted by Gasteiger charge is -2.22. The van der Waals surface area contributed by atoms with Crippen molar-refractivity contribution in [2.75, 3.05) is 6.26 Å². The van der Waals surface area contributed by atoms with Gasteiger partial charge in [0.05, 0.1) is 11.2 Å². The molecule has 1 aromatic carbocycles. The Bertz CT molecular complexity index is 853. The molecule has 1 aliphatic carbocycles. The van der Waals surface area contributed by atoms with Crippen LogP contribution in [0.1, 0.15) is 43.7 Å². The van der Waals surface area contributed by atoms with E-state index < -0.39 is 0 Å². The molecule has 122 valence electrons. The van der Waals surface area contributed by atoms with Crippen LogP contribution in [0.3, 0.4) is 0 Å². The maximum absolute atomic E-state index is 5.10. The number of pyridine rings is 2. The highest BCUT2D eigenvalue weighted by Gasteiger charge is 2.19. The smallest absolute Gasteiger partial charge is 0.0968 e. The summed E-state index contributed by atoms with van der Waals surface area (Å²) in [5, 5.41) is 1.21. The third kappa shape index (κ3) is 3.05. The summed E-state index contributed by atoms with van der Waals surface area (Å²) >= 11 is 1.77. The second-order valence-electron chi connectivity index (χ2n) is 6.54. The lowest BCUT2D eigenvalue weighted by atomic mass is 9.86. The van der Waals surface area contributed by atoms with Crippen LogP contribution in [0.5, 0.6) is 0 Å². The first-order valence-electron chi connectivity index (χ1n) is 8.75. The minimum atomic E-state index is 0.603. The third-order valence-electron chi connectivity index (χ3n) is 4.97. The number of nitrogens with zero attached hydrogens (tertiary/aromatic N) is 2. The molecule has 4 rings (SSSR count). The zero-order valence-corrected chi connectivity index (χ0v) is 14.9. The first kappa shape index (κ1) is 15.6.